The van der Waals surface area contributed by atoms with Crippen LogP contribution in [-0.4, -0.2) is 31.7 Å². The first-order chi connectivity index (χ1) is 15.0. The molecule has 3 aromatic rings. The van der Waals surface area contributed by atoms with Crippen LogP contribution in [0.1, 0.15) is 54.2 Å². The Hall–Kier alpha value is -3.19. The third-order valence-corrected chi connectivity index (χ3v) is 6.50. The summed E-state index contributed by atoms with van der Waals surface area (Å²) >= 11 is 5.91. The Kier molecular flexibility index (Phi) is 4.78. The van der Waals surface area contributed by atoms with Crippen molar-refractivity contribution in [3.63, 3.8) is 0 Å². The van der Waals surface area contributed by atoms with Crippen molar-refractivity contribution in [3.8, 4) is 11.1 Å². The number of benzene rings is 1. The van der Waals surface area contributed by atoms with E-state index in [-0.39, 0.29) is 11.5 Å². The standard InChI is InChI=1S/C23H21ClN4O3/c24-15-4-7-20(25-12-15)23(8-9-23)22(31)27-16-5-6-18(19(10-16)21(29)30)14-11-26-28(13-14)17-2-1-3-17/h4-7,10-13,17H,1-3,8-9H2,(H,27,31)(H,29,30). The van der Waals surface area contributed by atoms with Crippen LogP contribution >= 0.6 is 11.6 Å². The maximum Gasteiger partial charge on any atom is 0.336 e. The Balaban J connectivity index is 1.40. The monoisotopic (exact) mass is 436 g/mol. The molecule has 2 aliphatic carbocycles. The molecule has 2 N–H and O–H groups in total. The molecule has 2 aromatic heterocycles. The van der Waals surface area contributed by atoms with E-state index in [9.17, 15) is 14.7 Å². The van der Waals surface area contributed by atoms with Crippen LogP contribution in [0.25, 0.3) is 11.1 Å². The number of nitrogens with one attached hydrogen (secondary N) is 1. The van der Waals surface area contributed by atoms with Gasteiger partial charge in [-0.1, -0.05) is 17.7 Å². The van der Waals surface area contributed by atoms with E-state index in [2.05, 4.69) is 15.4 Å². The molecule has 8 heteroatoms. The van der Waals surface area contributed by atoms with E-state index < -0.39 is 11.4 Å². The Morgan fingerprint density at radius 3 is 2.58 bits per heavy atom. The molecule has 31 heavy (non-hydrogen) atoms. The largest absolute Gasteiger partial charge is 0.478 e. The summed E-state index contributed by atoms with van der Waals surface area (Å²) in [5, 5.41) is 17.6. The van der Waals surface area contributed by atoms with Gasteiger partial charge in [0.1, 0.15) is 0 Å². The molecule has 2 heterocycles. The molecule has 1 aromatic carbocycles. The summed E-state index contributed by atoms with van der Waals surface area (Å²) in [5.74, 6) is -1.24. The molecule has 0 bridgehead atoms. The van der Waals surface area contributed by atoms with E-state index in [1.165, 1.54) is 18.7 Å². The van der Waals surface area contributed by atoms with Crippen LogP contribution in [0.4, 0.5) is 5.69 Å². The van der Waals surface area contributed by atoms with Crippen LogP contribution in [0.5, 0.6) is 0 Å². The molecule has 0 radical (unpaired) electrons. The van der Waals surface area contributed by atoms with Gasteiger partial charge in [-0.05, 0) is 61.9 Å². The molecule has 158 valence electrons. The van der Waals surface area contributed by atoms with Crippen molar-refractivity contribution in [2.75, 3.05) is 5.32 Å². The average molecular weight is 437 g/mol. The first-order valence-electron chi connectivity index (χ1n) is 10.3. The molecule has 0 saturated heterocycles. The number of hydrogen-bond donors (Lipinski definition) is 2. The van der Waals surface area contributed by atoms with Crippen LogP contribution < -0.4 is 5.32 Å². The van der Waals surface area contributed by atoms with E-state index in [1.807, 2.05) is 10.9 Å². The summed E-state index contributed by atoms with van der Waals surface area (Å²) in [4.78, 5) is 29.2. The number of carbonyl (C=O) groups excluding carboxylic acids is 1. The number of hydrogen-bond acceptors (Lipinski definition) is 4. The first-order valence-corrected chi connectivity index (χ1v) is 10.7. The molecular weight excluding hydrogens is 416 g/mol. The zero-order valence-corrected chi connectivity index (χ0v) is 17.5. The highest BCUT2D eigenvalue weighted by Gasteiger charge is 2.52. The summed E-state index contributed by atoms with van der Waals surface area (Å²) in [7, 11) is 0. The van der Waals surface area contributed by atoms with Crippen LogP contribution in [0.15, 0.2) is 48.9 Å². The van der Waals surface area contributed by atoms with Crippen LogP contribution in [0.3, 0.4) is 0 Å². The molecule has 1 amide bonds. The van der Waals surface area contributed by atoms with Gasteiger partial charge in [-0.3, -0.25) is 14.5 Å². The quantitative estimate of drug-likeness (QED) is 0.584. The minimum absolute atomic E-state index is 0.125. The van der Waals surface area contributed by atoms with Gasteiger partial charge in [0.05, 0.1) is 33.9 Å². The Labute approximate surface area is 184 Å². The van der Waals surface area contributed by atoms with Gasteiger partial charge in [-0.25, -0.2) is 4.79 Å². The van der Waals surface area contributed by atoms with Crippen molar-refractivity contribution >= 4 is 29.2 Å². The maximum absolute atomic E-state index is 13.0. The fraction of sp³-hybridized carbons (Fsp3) is 0.304. The van der Waals surface area contributed by atoms with Gasteiger partial charge in [-0.15, -0.1) is 0 Å². The van der Waals surface area contributed by atoms with Crippen molar-refractivity contribution in [2.24, 2.45) is 0 Å². The predicted octanol–water partition coefficient (Wildman–Crippen LogP) is 4.69. The van der Waals surface area contributed by atoms with E-state index in [1.54, 1.807) is 30.5 Å². The zero-order chi connectivity index (χ0) is 21.6. The minimum atomic E-state index is -1.05. The summed E-state index contributed by atoms with van der Waals surface area (Å²) in [6, 6.07) is 8.84. The van der Waals surface area contributed by atoms with Crippen LogP contribution in [0.2, 0.25) is 5.02 Å². The second-order valence-electron chi connectivity index (χ2n) is 8.26. The van der Waals surface area contributed by atoms with Crippen molar-refractivity contribution < 1.29 is 14.7 Å². The highest BCUT2D eigenvalue weighted by molar-refractivity contribution is 6.30. The molecular formula is C23H21ClN4O3. The van der Waals surface area contributed by atoms with Gasteiger partial charge < -0.3 is 10.4 Å². The highest BCUT2D eigenvalue weighted by Crippen LogP contribution is 2.48. The summed E-state index contributed by atoms with van der Waals surface area (Å²) in [6.07, 6.45) is 9.91. The second-order valence-corrected chi connectivity index (χ2v) is 8.69. The number of pyridine rings is 1. The number of rotatable bonds is 6. The zero-order valence-electron chi connectivity index (χ0n) is 16.7. The van der Waals surface area contributed by atoms with Crippen molar-refractivity contribution in [2.45, 2.75) is 43.6 Å². The van der Waals surface area contributed by atoms with Crippen molar-refractivity contribution in [3.05, 3.63) is 65.2 Å². The van der Waals surface area contributed by atoms with Gasteiger partial charge in [0.25, 0.3) is 0 Å². The number of carbonyl (C=O) groups is 2. The van der Waals surface area contributed by atoms with E-state index in [4.69, 9.17) is 11.6 Å². The molecule has 7 nitrogen and oxygen atoms in total. The number of carboxylic acid groups (broad SMARTS) is 1. The molecule has 0 atom stereocenters. The number of amides is 1. The van der Waals surface area contributed by atoms with Gasteiger partial charge in [0, 0.05) is 23.6 Å². The molecule has 0 aliphatic heterocycles. The number of nitrogens with zero attached hydrogens (tertiary/aromatic N) is 3. The lowest BCUT2D eigenvalue weighted by Crippen LogP contribution is -2.28. The van der Waals surface area contributed by atoms with Crippen molar-refractivity contribution in [1.29, 1.82) is 0 Å². The highest BCUT2D eigenvalue weighted by atomic mass is 35.5. The van der Waals surface area contributed by atoms with E-state index >= 15 is 0 Å². The van der Waals surface area contributed by atoms with Gasteiger partial charge in [0.15, 0.2) is 0 Å². The lowest BCUT2D eigenvalue weighted by molar-refractivity contribution is -0.118. The van der Waals surface area contributed by atoms with Crippen molar-refractivity contribution in [1.82, 2.24) is 14.8 Å². The molecule has 0 spiro atoms. The van der Waals surface area contributed by atoms with Crippen LogP contribution in [-0.2, 0) is 10.2 Å². The van der Waals surface area contributed by atoms with Crippen LogP contribution in [0, 0.1) is 0 Å². The second kappa shape index (κ2) is 7.50. The minimum Gasteiger partial charge on any atom is -0.478 e. The lowest BCUT2D eigenvalue weighted by Gasteiger charge is -2.25. The normalized spacial score (nSPS) is 17.1. The Bertz CT molecular complexity index is 1160. The molecule has 2 fully saturated rings. The van der Waals surface area contributed by atoms with Gasteiger partial charge >= 0.3 is 5.97 Å². The lowest BCUT2D eigenvalue weighted by atomic mass is 9.93. The predicted molar refractivity (Wildman–Crippen MR) is 116 cm³/mol. The smallest absolute Gasteiger partial charge is 0.336 e. The number of anilines is 1. The number of halogens is 1. The molecule has 5 rings (SSSR count). The van der Waals surface area contributed by atoms with E-state index in [0.717, 1.165) is 18.4 Å². The summed E-state index contributed by atoms with van der Waals surface area (Å²) in [6.45, 7) is 0. The van der Waals surface area contributed by atoms with E-state index in [0.29, 0.717) is 40.9 Å². The molecule has 0 unspecified atom stereocenters. The fourth-order valence-corrected chi connectivity index (χ4v) is 4.12. The first kappa shape index (κ1) is 19.8. The average Bonchev–Trinajstić information content (AvgIpc) is 3.40. The Morgan fingerprint density at radius 1 is 1.16 bits per heavy atom. The molecule has 2 aliphatic rings. The molecule has 2 saturated carbocycles. The summed E-state index contributed by atoms with van der Waals surface area (Å²) < 4.78 is 1.91. The number of carboxylic acids is 1. The number of aromatic carboxylic acids is 1. The third kappa shape index (κ3) is 3.59. The van der Waals surface area contributed by atoms with Gasteiger partial charge in [-0.2, -0.15) is 5.10 Å². The maximum atomic E-state index is 13.0. The SMILES string of the molecule is O=C(O)c1cc(NC(=O)C2(c3ccc(Cl)cn3)CC2)ccc1-c1cnn(C2CCC2)c1. The summed E-state index contributed by atoms with van der Waals surface area (Å²) in [5.41, 5.74) is 1.89. The third-order valence-electron chi connectivity index (χ3n) is 6.27. The topological polar surface area (TPSA) is 97.1 Å². The number of aromatic nitrogens is 3. The fourth-order valence-electron chi connectivity index (χ4n) is 4.01. The van der Waals surface area contributed by atoms with Gasteiger partial charge in [0.2, 0.25) is 5.91 Å². The Morgan fingerprint density at radius 2 is 1.97 bits per heavy atom.